The van der Waals surface area contributed by atoms with Gasteiger partial charge >= 0.3 is 13.7 Å². The van der Waals surface area contributed by atoms with Crippen LogP contribution >= 0.6 is 7.60 Å². The highest BCUT2D eigenvalue weighted by Crippen LogP contribution is 2.58. The second-order valence-electron chi connectivity index (χ2n) is 5.42. The molecule has 0 spiro atoms. The lowest BCUT2D eigenvalue weighted by Crippen LogP contribution is -2.29. The predicted molar refractivity (Wildman–Crippen MR) is 95.3 cm³/mol. The van der Waals surface area contributed by atoms with Gasteiger partial charge in [-0.05, 0) is 18.1 Å². The van der Waals surface area contributed by atoms with Gasteiger partial charge in [-0.1, -0.05) is 60.2 Å². The number of amides is 1. The lowest BCUT2D eigenvalue weighted by Gasteiger charge is -2.25. The van der Waals surface area contributed by atoms with Crippen LogP contribution in [0, 0.1) is 6.92 Å². The van der Waals surface area contributed by atoms with Gasteiger partial charge in [-0.2, -0.15) is 0 Å². The fraction of sp³-hybridized carbons (Fsp3) is 0.278. The summed E-state index contributed by atoms with van der Waals surface area (Å²) in [6.07, 6.45) is -0.705. The van der Waals surface area contributed by atoms with Crippen molar-refractivity contribution in [1.29, 1.82) is 0 Å². The second-order valence-corrected chi connectivity index (χ2v) is 7.75. The Morgan fingerprint density at radius 3 is 2.20 bits per heavy atom. The monoisotopic (exact) mass is 363 g/mol. The molecule has 0 fully saturated rings. The number of carbonyl (C=O) groups excluding carboxylic acids is 1. The summed E-state index contributed by atoms with van der Waals surface area (Å²) in [4.78, 5) is 12.2. The molecule has 7 heteroatoms. The minimum atomic E-state index is -3.59. The average molecular weight is 363 g/mol. The first-order valence-corrected chi connectivity index (χ1v) is 9.34. The maximum absolute atomic E-state index is 12.8. The molecule has 134 valence electrons. The Balaban J connectivity index is 2.14. The summed E-state index contributed by atoms with van der Waals surface area (Å²) >= 11 is 0. The van der Waals surface area contributed by atoms with Gasteiger partial charge in [0.15, 0.2) is 5.78 Å². The van der Waals surface area contributed by atoms with Crippen LogP contribution in [0.1, 0.15) is 22.5 Å². The van der Waals surface area contributed by atoms with Gasteiger partial charge in [-0.15, -0.1) is 0 Å². The molecule has 0 aliphatic rings. The van der Waals surface area contributed by atoms with Gasteiger partial charge in [0.05, 0.1) is 0 Å². The van der Waals surface area contributed by atoms with Crippen molar-refractivity contribution in [2.24, 2.45) is 0 Å². The molecule has 0 aliphatic carbocycles. The van der Waals surface area contributed by atoms with E-state index in [2.05, 4.69) is 5.32 Å². The molecule has 2 aromatic rings. The number of aryl methyl sites for hydroxylation is 1. The van der Waals surface area contributed by atoms with E-state index in [9.17, 15) is 9.36 Å². The molecule has 0 radical (unpaired) electrons. The molecule has 1 atom stereocenters. The maximum Gasteiger partial charge on any atom is 0.408 e. The number of carbonyl (C=O) groups is 1. The van der Waals surface area contributed by atoms with Crippen LogP contribution < -0.4 is 5.32 Å². The Bertz CT molecular complexity index is 725. The largest absolute Gasteiger partial charge is 0.445 e. The first kappa shape index (κ1) is 19.2. The van der Waals surface area contributed by atoms with Gasteiger partial charge in [-0.25, -0.2) is 4.79 Å². The third-order valence-corrected chi connectivity index (χ3v) is 5.76. The molecular formula is C18H22NO5P. The summed E-state index contributed by atoms with van der Waals surface area (Å²) in [6.45, 7) is 2.05. The Morgan fingerprint density at radius 1 is 1.04 bits per heavy atom. The lowest BCUT2D eigenvalue weighted by atomic mass is 10.1. The van der Waals surface area contributed by atoms with Crippen molar-refractivity contribution in [2.45, 2.75) is 19.3 Å². The summed E-state index contributed by atoms with van der Waals surface area (Å²) in [7, 11) is -1.03. The standard InChI is InChI=1S/C18H22NO5P/c1-14-9-11-16(12-10-14)17(25(21,22-2)23-3)19-18(20)24-13-15-7-5-4-6-8-15/h4-12,17H,13H2,1-3H3,(H,19,20). The Labute approximate surface area is 147 Å². The summed E-state index contributed by atoms with van der Waals surface area (Å²) in [5, 5.41) is 2.59. The zero-order valence-corrected chi connectivity index (χ0v) is 15.4. The number of alkyl carbamates (subject to hydrolysis) is 1. The van der Waals surface area contributed by atoms with E-state index >= 15 is 0 Å². The van der Waals surface area contributed by atoms with Crippen LogP contribution in [0.2, 0.25) is 0 Å². The fourth-order valence-corrected chi connectivity index (χ4v) is 3.63. The number of hydrogen-bond acceptors (Lipinski definition) is 5. The average Bonchev–Trinajstić information content (AvgIpc) is 2.65. The maximum atomic E-state index is 12.8. The molecular weight excluding hydrogens is 341 g/mol. The second kappa shape index (κ2) is 8.81. The van der Waals surface area contributed by atoms with E-state index in [0.29, 0.717) is 5.56 Å². The topological polar surface area (TPSA) is 73.9 Å². The molecule has 2 rings (SSSR count). The van der Waals surface area contributed by atoms with Gasteiger partial charge in [0.25, 0.3) is 0 Å². The van der Waals surface area contributed by atoms with E-state index in [1.54, 1.807) is 12.1 Å². The first-order chi connectivity index (χ1) is 12.0. The molecule has 0 bridgehead atoms. The molecule has 1 N–H and O–H groups in total. The van der Waals surface area contributed by atoms with Gasteiger partial charge in [0, 0.05) is 14.2 Å². The number of rotatable bonds is 7. The number of benzene rings is 2. The summed E-state index contributed by atoms with van der Waals surface area (Å²) < 4.78 is 28.2. The van der Waals surface area contributed by atoms with Gasteiger partial charge in [0.1, 0.15) is 6.61 Å². The van der Waals surface area contributed by atoms with Crippen molar-refractivity contribution in [1.82, 2.24) is 5.32 Å². The van der Waals surface area contributed by atoms with Crippen LogP contribution in [0.15, 0.2) is 54.6 Å². The highest BCUT2D eigenvalue weighted by molar-refractivity contribution is 7.54. The highest BCUT2D eigenvalue weighted by Gasteiger charge is 2.37. The van der Waals surface area contributed by atoms with Crippen molar-refractivity contribution < 1.29 is 23.1 Å². The van der Waals surface area contributed by atoms with Crippen LogP contribution in [-0.4, -0.2) is 20.3 Å². The van der Waals surface area contributed by atoms with Crippen LogP contribution in [0.3, 0.4) is 0 Å². The minimum Gasteiger partial charge on any atom is -0.445 e. The SMILES string of the molecule is COP(=O)(OC)C(NC(=O)OCc1ccccc1)c1ccc(C)cc1. The molecule has 0 aliphatic heterocycles. The number of nitrogens with one attached hydrogen (secondary N) is 1. The Morgan fingerprint density at radius 2 is 1.64 bits per heavy atom. The third-order valence-electron chi connectivity index (χ3n) is 3.69. The zero-order chi connectivity index (χ0) is 18.3. The van der Waals surface area contributed by atoms with Crippen molar-refractivity contribution >= 4 is 13.7 Å². The van der Waals surface area contributed by atoms with Crippen molar-refractivity contribution in [3.8, 4) is 0 Å². The molecule has 0 heterocycles. The normalized spacial score (nSPS) is 12.4. The Kier molecular flexibility index (Phi) is 6.76. The zero-order valence-electron chi connectivity index (χ0n) is 14.5. The number of ether oxygens (including phenoxy) is 1. The van der Waals surface area contributed by atoms with Crippen LogP contribution in [0.5, 0.6) is 0 Å². The molecule has 2 aromatic carbocycles. The molecule has 1 amide bonds. The highest BCUT2D eigenvalue weighted by atomic mass is 31.2. The van der Waals surface area contributed by atoms with Crippen LogP contribution in [-0.2, 0) is 25.0 Å². The quantitative estimate of drug-likeness (QED) is 0.738. The first-order valence-electron chi connectivity index (χ1n) is 7.73. The molecule has 0 aromatic heterocycles. The smallest absolute Gasteiger partial charge is 0.408 e. The Hall–Kier alpha value is -2.14. The van der Waals surface area contributed by atoms with Crippen LogP contribution in [0.25, 0.3) is 0 Å². The molecule has 0 saturated carbocycles. The molecule has 0 saturated heterocycles. The summed E-state index contributed by atoms with van der Waals surface area (Å²) in [5.41, 5.74) is 2.50. The predicted octanol–water partition coefficient (Wildman–Crippen LogP) is 4.41. The van der Waals surface area contributed by atoms with E-state index in [1.807, 2.05) is 49.4 Å². The summed E-state index contributed by atoms with van der Waals surface area (Å²) in [6, 6.07) is 16.5. The van der Waals surface area contributed by atoms with E-state index in [-0.39, 0.29) is 6.61 Å². The molecule has 25 heavy (non-hydrogen) atoms. The van der Waals surface area contributed by atoms with Crippen molar-refractivity contribution in [2.75, 3.05) is 14.2 Å². The van der Waals surface area contributed by atoms with Gasteiger partial charge < -0.3 is 19.1 Å². The number of hydrogen-bond donors (Lipinski definition) is 1. The molecule has 6 nitrogen and oxygen atoms in total. The van der Waals surface area contributed by atoms with E-state index < -0.39 is 19.5 Å². The van der Waals surface area contributed by atoms with Crippen LogP contribution in [0.4, 0.5) is 4.79 Å². The summed E-state index contributed by atoms with van der Waals surface area (Å²) in [5.74, 6) is -0.966. The van der Waals surface area contributed by atoms with Gasteiger partial charge in [-0.3, -0.25) is 4.57 Å². The third kappa shape index (κ3) is 5.16. The fourth-order valence-electron chi connectivity index (χ4n) is 2.26. The molecule has 1 unspecified atom stereocenters. The minimum absolute atomic E-state index is 0.109. The van der Waals surface area contributed by atoms with E-state index in [1.165, 1.54) is 14.2 Å². The van der Waals surface area contributed by atoms with E-state index in [0.717, 1.165) is 11.1 Å². The lowest BCUT2D eigenvalue weighted by molar-refractivity contribution is 0.136. The van der Waals surface area contributed by atoms with E-state index in [4.69, 9.17) is 13.8 Å². The van der Waals surface area contributed by atoms with Crippen molar-refractivity contribution in [3.63, 3.8) is 0 Å². The van der Waals surface area contributed by atoms with Gasteiger partial charge in [0.2, 0.25) is 0 Å². The van der Waals surface area contributed by atoms with Crippen molar-refractivity contribution in [3.05, 3.63) is 71.3 Å².